The first-order valence-corrected chi connectivity index (χ1v) is 6.70. The van der Waals surface area contributed by atoms with Crippen LogP contribution in [-0.2, 0) is 11.3 Å². The zero-order valence-corrected chi connectivity index (χ0v) is 12.7. The standard InChI is InChI=1S/C13H11BrClNO3/c1-7-11(8(2)19-16-7)6-18-13(17)10-5-9(14)3-4-12(10)15/h3-5H,6H2,1-2H3. The van der Waals surface area contributed by atoms with Crippen LogP contribution in [0.1, 0.15) is 27.4 Å². The molecule has 2 aromatic rings. The van der Waals surface area contributed by atoms with Crippen molar-refractivity contribution in [2.45, 2.75) is 20.5 Å². The zero-order chi connectivity index (χ0) is 14.0. The van der Waals surface area contributed by atoms with Crippen LogP contribution >= 0.6 is 27.5 Å². The Hall–Kier alpha value is -1.33. The Bertz CT molecular complexity index is 605. The molecule has 0 radical (unpaired) electrons. The van der Waals surface area contributed by atoms with Gasteiger partial charge in [-0.2, -0.15) is 0 Å². The minimum atomic E-state index is -0.480. The van der Waals surface area contributed by atoms with E-state index in [-0.39, 0.29) is 6.61 Å². The lowest BCUT2D eigenvalue weighted by Gasteiger charge is -2.06. The lowest BCUT2D eigenvalue weighted by atomic mass is 10.2. The molecule has 1 aromatic carbocycles. The molecule has 0 aliphatic rings. The van der Waals surface area contributed by atoms with Crippen molar-refractivity contribution in [3.05, 3.63) is 50.3 Å². The maximum atomic E-state index is 12.0. The molecular formula is C13H11BrClNO3. The molecule has 19 heavy (non-hydrogen) atoms. The Morgan fingerprint density at radius 2 is 2.21 bits per heavy atom. The highest BCUT2D eigenvalue weighted by Gasteiger charge is 2.15. The lowest BCUT2D eigenvalue weighted by molar-refractivity contribution is 0.0471. The SMILES string of the molecule is Cc1noc(C)c1COC(=O)c1cc(Br)ccc1Cl. The predicted molar refractivity (Wildman–Crippen MR) is 74.2 cm³/mol. The van der Waals surface area contributed by atoms with Crippen molar-refractivity contribution in [2.24, 2.45) is 0 Å². The van der Waals surface area contributed by atoms with E-state index in [1.165, 1.54) is 0 Å². The summed E-state index contributed by atoms with van der Waals surface area (Å²) in [5.41, 5.74) is 1.81. The number of nitrogens with zero attached hydrogens (tertiary/aromatic N) is 1. The van der Waals surface area contributed by atoms with Crippen molar-refractivity contribution in [1.82, 2.24) is 5.16 Å². The van der Waals surface area contributed by atoms with Gasteiger partial charge in [-0.25, -0.2) is 4.79 Å². The van der Waals surface area contributed by atoms with Gasteiger partial charge in [-0.05, 0) is 32.0 Å². The fourth-order valence-corrected chi connectivity index (χ4v) is 2.13. The van der Waals surface area contributed by atoms with Crippen LogP contribution in [0.15, 0.2) is 27.2 Å². The van der Waals surface area contributed by atoms with Gasteiger partial charge in [0.05, 0.1) is 21.8 Å². The molecule has 0 bridgehead atoms. The quantitative estimate of drug-likeness (QED) is 0.788. The molecule has 0 fully saturated rings. The normalized spacial score (nSPS) is 10.5. The Kier molecular flexibility index (Phi) is 4.27. The molecule has 0 aliphatic carbocycles. The molecule has 0 aliphatic heterocycles. The van der Waals surface area contributed by atoms with Crippen LogP contribution in [0.5, 0.6) is 0 Å². The van der Waals surface area contributed by atoms with Crippen molar-refractivity contribution in [3.8, 4) is 0 Å². The molecule has 1 aromatic heterocycles. The van der Waals surface area contributed by atoms with Gasteiger partial charge in [0.1, 0.15) is 12.4 Å². The van der Waals surface area contributed by atoms with E-state index in [1.54, 1.807) is 32.0 Å². The number of carbonyl (C=O) groups is 1. The summed E-state index contributed by atoms with van der Waals surface area (Å²) in [4.78, 5) is 12.0. The number of rotatable bonds is 3. The first-order valence-electron chi connectivity index (χ1n) is 5.53. The summed E-state index contributed by atoms with van der Waals surface area (Å²) in [5, 5.41) is 4.15. The lowest BCUT2D eigenvalue weighted by Crippen LogP contribution is -2.07. The third-order valence-corrected chi connectivity index (χ3v) is 3.50. The Morgan fingerprint density at radius 3 is 2.84 bits per heavy atom. The molecular weight excluding hydrogens is 334 g/mol. The van der Waals surface area contributed by atoms with E-state index in [1.807, 2.05) is 0 Å². The number of aryl methyl sites for hydroxylation is 2. The summed E-state index contributed by atoms with van der Waals surface area (Å²) in [6.07, 6.45) is 0. The van der Waals surface area contributed by atoms with Gasteiger partial charge in [0.15, 0.2) is 0 Å². The van der Waals surface area contributed by atoms with E-state index in [2.05, 4.69) is 21.1 Å². The van der Waals surface area contributed by atoms with Crippen LogP contribution in [-0.4, -0.2) is 11.1 Å². The summed E-state index contributed by atoms with van der Waals surface area (Å²) in [6.45, 7) is 3.68. The van der Waals surface area contributed by atoms with Crippen LogP contribution in [0, 0.1) is 13.8 Å². The third-order valence-electron chi connectivity index (χ3n) is 2.68. The molecule has 0 unspecified atom stereocenters. The molecule has 0 saturated carbocycles. The number of halogens is 2. The van der Waals surface area contributed by atoms with Gasteiger partial charge in [0, 0.05) is 4.47 Å². The minimum Gasteiger partial charge on any atom is -0.457 e. The first-order chi connectivity index (χ1) is 8.99. The van der Waals surface area contributed by atoms with E-state index in [4.69, 9.17) is 20.9 Å². The highest BCUT2D eigenvalue weighted by atomic mass is 79.9. The molecule has 4 nitrogen and oxygen atoms in total. The van der Waals surface area contributed by atoms with Gasteiger partial charge in [0.2, 0.25) is 0 Å². The van der Waals surface area contributed by atoms with Crippen molar-refractivity contribution in [2.75, 3.05) is 0 Å². The summed E-state index contributed by atoms with van der Waals surface area (Å²) >= 11 is 9.25. The maximum Gasteiger partial charge on any atom is 0.340 e. The second kappa shape index (κ2) is 5.75. The Balaban J connectivity index is 2.12. The Morgan fingerprint density at radius 1 is 1.47 bits per heavy atom. The van der Waals surface area contributed by atoms with Crippen LogP contribution in [0.3, 0.4) is 0 Å². The van der Waals surface area contributed by atoms with Gasteiger partial charge < -0.3 is 9.26 Å². The number of carbonyl (C=O) groups excluding carboxylic acids is 1. The van der Waals surface area contributed by atoms with E-state index >= 15 is 0 Å². The van der Waals surface area contributed by atoms with Gasteiger partial charge in [0.25, 0.3) is 0 Å². The zero-order valence-electron chi connectivity index (χ0n) is 10.4. The maximum absolute atomic E-state index is 12.0. The molecule has 2 rings (SSSR count). The number of benzene rings is 1. The fourth-order valence-electron chi connectivity index (χ4n) is 1.58. The number of aromatic nitrogens is 1. The summed E-state index contributed by atoms with van der Waals surface area (Å²) in [5.74, 6) is 0.164. The molecule has 1 heterocycles. The second-order valence-corrected chi connectivity index (χ2v) is 5.33. The average Bonchev–Trinajstić information content (AvgIpc) is 2.69. The number of esters is 1. The third kappa shape index (κ3) is 3.16. The van der Waals surface area contributed by atoms with Crippen molar-refractivity contribution in [3.63, 3.8) is 0 Å². The molecule has 0 atom stereocenters. The number of ether oxygens (including phenoxy) is 1. The van der Waals surface area contributed by atoms with E-state index in [0.29, 0.717) is 22.0 Å². The monoisotopic (exact) mass is 343 g/mol. The van der Waals surface area contributed by atoms with Crippen molar-refractivity contribution < 1.29 is 14.1 Å². The molecule has 0 spiro atoms. The Labute approximate surface area is 123 Å². The summed E-state index contributed by atoms with van der Waals surface area (Å²) in [7, 11) is 0. The van der Waals surface area contributed by atoms with Crippen LogP contribution < -0.4 is 0 Å². The fraction of sp³-hybridized carbons (Fsp3) is 0.231. The topological polar surface area (TPSA) is 52.3 Å². The van der Waals surface area contributed by atoms with E-state index < -0.39 is 5.97 Å². The predicted octanol–water partition coefficient (Wildman–Crippen LogP) is 4.06. The van der Waals surface area contributed by atoms with Crippen LogP contribution in [0.4, 0.5) is 0 Å². The van der Waals surface area contributed by atoms with E-state index in [9.17, 15) is 4.79 Å². The summed E-state index contributed by atoms with van der Waals surface area (Å²) in [6, 6.07) is 5.02. The molecule has 6 heteroatoms. The van der Waals surface area contributed by atoms with Gasteiger partial charge in [-0.1, -0.05) is 32.7 Å². The average molecular weight is 345 g/mol. The van der Waals surface area contributed by atoms with Crippen molar-refractivity contribution in [1.29, 1.82) is 0 Å². The second-order valence-electron chi connectivity index (χ2n) is 4.00. The van der Waals surface area contributed by atoms with Crippen LogP contribution in [0.25, 0.3) is 0 Å². The van der Waals surface area contributed by atoms with Gasteiger partial charge >= 0.3 is 5.97 Å². The summed E-state index contributed by atoms with van der Waals surface area (Å²) < 4.78 is 11.0. The number of hydrogen-bond acceptors (Lipinski definition) is 4. The molecule has 100 valence electrons. The molecule has 0 amide bonds. The van der Waals surface area contributed by atoms with Gasteiger partial charge in [-0.15, -0.1) is 0 Å². The van der Waals surface area contributed by atoms with Crippen LogP contribution in [0.2, 0.25) is 5.02 Å². The largest absolute Gasteiger partial charge is 0.457 e. The first kappa shape index (κ1) is 14.1. The van der Waals surface area contributed by atoms with Crippen molar-refractivity contribution >= 4 is 33.5 Å². The minimum absolute atomic E-state index is 0.114. The van der Waals surface area contributed by atoms with Gasteiger partial charge in [-0.3, -0.25) is 0 Å². The smallest absolute Gasteiger partial charge is 0.340 e. The molecule has 0 N–H and O–H groups in total. The highest BCUT2D eigenvalue weighted by Crippen LogP contribution is 2.22. The number of hydrogen-bond donors (Lipinski definition) is 0. The molecule has 0 saturated heterocycles. The highest BCUT2D eigenvalue weighted by molar-refractivity contribution is 9.10. The van der Waals surface area contributed by atoms with E-state index in [0.717, 1.165) is 10.0 Å².